The van der Waals surface area contributed by atoms with Crippen molar-refractivity contribution >= 4 is 0 Å². The van der Waals surface area contributed by atoms with Crippen LogP contribution in [0.25, 0.3) is 0 Å². The van der Waals surface area contributed by atoms with Crippen molar-refractivity contribution in [2.24, 2.45) is 11.8 Å². The molecule has 2 unspecified atom stereocenters. The van der Waals surface area contributed by atoms with Gasteiger partial charge in [-0.3, -0.25) is 0 Å². The van der Waals surface area contributed by atoms with Crippen LogP contribution >= 0.6 is 0 Å². The zero-order valence-corrected chi connectivity index (χ0v) is 19.1. The maximum Gasteiger partial charge on any atom is 0.0117 e. The first-order chi connectivity index (χ1) is 14.1. The number of aryl methyl sites for hydroxylation is 2. The molecule has 0 heterocycles. The Labute approximate surface area is 180 Å². The zero-order chi connectivity index (χ0) is 21.5. The van der Waals surface area contributed by atoms with Gasteiger partial charge in [0.1, 0.15) is 0 Å². The van der Waals surface area contributed by atoms with Crippen LogP contribution in [0.5, 0.6) is 0 Å². The Hall–Kier alpha value is -2.28. The Bertz CT molecular complexity index is 684. The maximum absolute atomic E-state index is 3.97. The molecule has 158 valence electrons. The predicted octanol–water partition coefficient (Wildman–Crippen LogP) is 7.38. The standard InChI is InChI=1S/C20H25N.C6H10.C2H6/c1-17(21-2)16-20-14-12-19(13-15-20)11-7-6-10-18-8-4-3-5-9-18;1-3-6-4-5(6)2;1-2/h3-5,8-9,12-15,21H,1,6-7,10-11,16H2,2H3;3,5-6H,1,4H2,2H3;1-2H3. The lowest BCUT2D eigenvalue weighted by Crippen LogP contribution is -2.06. The Morgan fingerprint density at radius 2 is 1.41 bits per heavy atom. The van der Waals surface area contributed by atoms with Gasteiger partial charge in [0.15, 0.2) is 0 Å². The molecule has 0 aromatic heterocycles. The van der Waals surface area contributed by atoms with Crippen molar-refractivity contribution in [1.82, 2.24) is 5.32 Å². The van der Waals surface area contributed by atoms with Crippen LogP contribution in [0.3, 0.4) is 0 Å². The van der Waals surface area contributed by atoms with Crippen LogP contribution in [-0.2, 0) is 19.3 Å². The fourth-order valence-corrected chi connectivity index (χ4v) is 3.14. The van der Waals surface area contributed by atoms with E-state index in [2.05, 4.69) is 80.0 Å². The van der Waals surface area contributed by atoms with E-state index in [1.54, 1.807) is 0 Å². The zero-order valence-electron chi connectivity index (χ0n) is 19.1. The van der Waals surface area contributed by atoms with Crippen LogP contribution in [-0.4, -0.2) is 7.05 Å². The minimum atomic E-state index is 0.866. The minimum Gasteiger partial charge on any atom is -0.392 e. The van der Waals surface area contributed by atoms with E-state index >= 15 is 0 Å². The second-order valence-electron chi connectivity index (χ2n) is 7.65. The summed E-state index contributed by atoms with van der Waals surface area (Å²) in [5, 5.41) is 3.09. The van der Waals surface area contributed by atoms with Gasteiger partial charge in [0.2, 0.25) is 0 Å². The summed E-state index contributed by atoms with van der Waals surface area (Å²) in [6.07, 6.45) is 9.18. The molecule has 0 aliphatic heterocycles. The van der Waals surface area contributed by atoms with Crippen LogP contribution < -0.4 is 5.32 Å². The number of allylic oxidation sites excluding steroid dienone is 2. The molecule has 1 heteroatoms. The summed E-state index contributed by atoms with van der Waals surface area (Å²) >= 11 is 0. The van der Waals surface area contributed by atoms with E-state index < -0.39 is 0 Å². The lowest BCUT2D eigenvalue weighted by molar-refractivity contribution is 0.734. The van der Waals surface area contributed by atoms with E-state index in [1.807, 2.05) is 27.0 Å². The van der Waals surface area contributed by atoms with Crippen LogP contribution in [0.2, 0.25) is 0 Å². The van der Waals surface area contributed by atoms with Crippen molar-refractivity contribution < 1.29 is 0 Å². The number of unbranched alkanes of at least 4 members (excludes halogenated alkanes) is 1. The van der Waals surface area contributed by atoms with E-state index in [0.717, 1.165) is 24.0 Å². The summed E-state index contributed by atoms with van der Waals surface area (Å²) in [6.45, 7) is 13.9. The number of benzene rings is 2. The maximum atomic E-state index is 3.97. The van der Waals surface area contributed by atoms with Gasteiger partial charge in [-0.15, -0.1) is 6.58 Å². The van der Waals surface area contributed by atoms with Crippen molar-refractivity contribution in [3.8, 4) is 0 Å². The molecule has 1 nitrogen and oxygen atoms in total. The van der Waals surface area contributed by atoms with Crippen LogP contribution in [0, 0.1) is 11.8 Å². The molecule has 0 radical (unpaired) electrons. The second-order valence-corrected chi connectivity index (χ2v) is 7.65. The molecular formula is C28H41N. The first-order valence-electron chi connectivity index (χ1n) is 11.2. The summed E-state index contributed by atoms with van der Waals surface area (Å²) in [5.41, 5.74) is 5.26. The molecule has 1 fully saturated rings. The van der Waals surface area contributed by atoms with Gasteiger partial charge in [-0.2, -0.15) is 0 Å². The highest BCUT2D eigenvalue weighted by Crippen LogP contribution is 2.37. The van der Waals surface area contributed by atoms with Gasteiger partial charge in [0, 0.05) is 19.2 Å². The van der Waals surface area contributed by atoms with Gasteiger partial charge in [-0.05, 0) is 60.6 Å². The van der Waals surface area contributed by atoms with Crippen molar-refractivity contribution in [3.63, 3.8) is 0 Å². The molecule has 2 aromatic carbocycles. The Morgan fingerprint density at radius 3 is 1.83 bits per heavy atom. The minimum absolute atomic E-state index is 0.866. The highest BCUT2D eigenvalue weighted by atomic mass is 14.8. The van der Waals surface area contributed by atoms with Gasteiger partial charge < -0.3 is 5.32 Å². The van der Waals surface area contributed by atoms with Crippen molar-refractivity contribution in [2.45, 2.75) is 59.3 Å². The third-order valence-corrected chi connectivity index (χ3v) is 5.29. The fraction of sp³-hybridized carbons (Fsp3) is 0.429. The first-order valence-corrected chi connectivity index (χ1v) is 11.2. The Kier molecular flexibility index (Phi) is 12.5. The lowest BCUT2D eigenvalue weighted by atomic mass is 10.0. The number of hydrogen-bond acceptors (Lipinski definition) is 1. The SMILES string of the molecule is C=C(Cc1ccc(CCCCc2ccccc2)cc1)NC.C=CC1CC1C.CC. The molecule has 1 N–H and O–H groups in total. The summed E-state index contributed by atoms with van der Waals surface area (Å²) in [4.78, 5) is 0. The van der Waals surface area contributed by atoms with E-state index in [1.165, 1.54) is 48.8 Å². The molecule has 1 aliphatic carbocycles. The quantitative estimate of drug-likeness (QED) is 0.347. The molecule has 0 amide bonds. The fourth-order valence-electron chi connectivity index (χ4n) is 3.14. The predicted molar refractivity (Wildman–Crippen MR) is 130 cm³/mol. The average molecular weight is 392 g/mol. The number of hydrogen-bond donors (Lipinski definition) is 1. The van der Waals surface area contributed by atoms with Gasteiger partial charge in [0.05, 0.1) is 0 Å². The normalized spacial score (nSPS) is 16.4. The van der Waals surface area contributed by atoms with Crippen molar-refractivity contribution in [2.75, 3.05) is 7.05 Å². The number of rotatable bonds is 9. The molecule has 2 atom stereocenters. The van der Waals surface area contributed by atoms with Gasteiger partial charge in [-0.1, -0.05) is 88.0 Å². The van der Waals surface area contributed by atoms with E-state index in [4.69, 9.17) is 0 Å². The summed E-state index contributed by atoms with van der Waals surface area (Å²) in [6, 6.07) is 19.7. The van der Waals surface area contributed by atoms with Crippen LogP contribution in [0.15, 0.2) is 79.5 Å². The van der Waals surface area contributed by atoms with Gasteiger partial charge >= 0.3 is 0 Å². The summed E-state index contributed by atoms with van der Waals surface area (Å²) in [7, 11) is 1.92. The molecule has 1 aliphatic rings. The van der Waals surface area contributed by atoms with Crippen molar-refractivity contribution in [3.05, 3.63) is 96.2 Å². The summed E-state index contributed by atoms with van der Waals surface area (Å²) < 4.78 is 0. The monoisotopic (exact) mass is 391 g/mol. The average Bonchev–Trinajstić information content (AvgIpc) is 3.50. The van der Waals surface area contributed by atoms with E-state index in [0.29, 0.717) is 0 Å². The van der Waals surface area contributed by atoms with Gasteiger partial charge in [0.25, 0.3) is 0 Å². The lowest BCUT2D eigenvalue weighted by Gasteiger charge is -2.07. The smallest absolute Gasteiger partial charge is 0.0117 e. The largest absolute Gasteiger partial charge is 0.392 e. The first kappa shape index (κ1) is 24.8. The van der Waals surface area contributed by atoms with Crippen LogP contribution in [0.4, 0.5) is 0 Å². The number of likely N-dealkylation sites (N-methyl/N-ethyl adjacent to an activating group) is 1. The molecule has 29 heavy (non-hydrogen) atoms. The Balaban J connectivity index is 0.000000442. The second kappa shape index (κ2) is 14.7. The molecule has 0 spiro atoms. The number of nitrogens with one attached hydrogen (secondary N) is 1. The third kappa shape index (κ3) is 10.7. The van der Waals surface area contributed by atoms with Gasteiger partial charge in [-0.25, -0.2) is 0 Å². The molecule has 2 aromatic rings. The van der Waals surface area contributed by atoms with Crippen LogP contribution in [0.1, 0.15) is 56.7 Å². The topological polar surface area (TPSA) is 12.0 Å². The van der Waals surface area contributed by atoms with E-state index in [-0.39, 0.29) is 0 Å². The molecule has 0 bridgehead atoms. The molecular weight excluding hydrogens is 350 g/mol. The molecule has 3 rings (SSSR count). The van der Waals surface area contributed by atoms with E-state index in [9.17, 15) is 0 Å². The summed E-state index contributed by atoms with van der Waals surface area (Å²) in [5.74, 6) is 1.81. The molecule has 1 saturated carbocycles. The highest BCUT2D eigenvalue weighted by molar-refractivity contribution is 5.25. The highest BCUT2D eigenvalue weighted by Gasteiger charge is 2.28. The van der Waals surface area contributed by atoms with Crippen molar-refractivity contribution in [1.29, 1.82) is 0 Å². The molecule has 0 saturated heterocycles. The Morgan fingerprint density at radius 1 is 0.931 bits per heavy atom. The third-order valence-electron chi connectivity index (χ3n) is 5.29.